The maximum absolute atomic E-state index is 12.3. The number of nitrogens with zero attached hydrogens (tertiary/aromatic N) is 1. The standard InChI is InChI=1S/C16H19NO4/c1-16(2)11(7-15(20)21)6-12(16)14(19)8-13(18)10-4-3-5-17-9-10/h3-5,9,11-12H,6-8H2,1-2H3,(H,20,21). The highest BCUT2D eigenvalue weighted by Gasteiger charge is 2.51. The number of pyridine rings is 1. The number of hydrogen-bond acceptors (Lipinski definition) is 4. The summed E-state index contributed by atoms with van der Waals surface area (Å²) in [7, 11) is 0. The van der Waals surface area contributed by atoms with E-state index in [0.29, 0.717) is 12.0 Å². The maximum atomic E-state index is 12.3. The number of rotatable bonds is 6. The molecule has 0 spiro atoms. The molecule has 0 bridgehead atoms. The van der Waals surface area contributed by atoms with E-state index in [1.165, 1.54) is 6.20 Å². The summed E-state index contributed by atoms with van der Waals surface area (Å²) in [6.07, 6.45) is 3.52. The Labute approximate surface area is 123 Å². The van der Waals surface area contributed by atoms with Crippen molar-refractivity contribution in [2.45, 2.75) is 33.1 Å². The highest BCUT2D eigenvalue weighted by molar-refractivity contribution is 6.08. The lowest BCUT2D eigenvalue weighted by Gasteiger charge is -2.51. The van der Waals surface area contributed by atoms with Gasteiger partial charge in [0.1, 0.15) is 5.78 Å². The summed E-state index contributed by atoms with van der Waals surface area (Å²) in [6.45, 7) is 3.81. The van der Waals surface area contributed by atoms with Crippen LogP contribution in [0.2, 0.25) is 0 Å². The molecule has 1 N–H and O–H groups in total. The molecule has 112 valence electrons. The van der Waals surface area contributed by atoms with Crippen LogP contribution in [0.4, 0.5) is 0 Å². The molecule has 1 aliphatic rings. The average molecular weight is 289 g/mol. The van der Waals surface area contributed by atoms with Crippen LogP contribution in [0.1, 0.15) is 43.5 Å². The van der Waals surface area contributed by atoms with Gasteiger partial charge in [0.05, 0.1) is 6.42 Å². The van der Waals surface area contributed by atoms with Crippen LogP contribution in [0.15, 0.2) is 24.5 Å². The van der Waals surface area contributed by atoms with Gasteiger partial charge in [-0.15, -0.1) is 0 Å². The van der Waals surface area contributed by atoms with E-state index in [4.69, 9.17) is 5.11 Å². The molecule has 21 heavy (non-hydrogen) atoms. The SMILES string of the molecule is CC1(C)C(CC(=O)O)CC1C(=O)CC(=O)c1cccnc1. The minimum Gasteiger partial charge on any atom is -0.481 e. The third-order valence-corrected chi connectivity index (χ3v) is 4.60. The Balaban J connectivity index is 1.96. The van der Waals surface area contributed by atoms with Crippen LogP contribution >= 0.6 is 0 Å². The second kappa shape index (κ2) is 5.76. The maximum Gasteiger partial charge on any atom is 0.303 e. The number of carbonyl (C=O) groups is 3. The van der Waals surface area contributed by atoms with Gasteiger partial charge in [0, 0.05) is 30.3 Å². The van der Waals surface area contributed by atoms with Gasteiger partial charge in [0.15, 0.2) is 5.78 Å². The van der Waals surface area contributed by atoms with E-state index >= 15 is 0 Å². The van der Waals surface area contributed by atoms with E-state index in [0.717, 1.165) is 0 Å². The summed E-state index contributed by atoms with van der Waals surface area (Å²) >= 11 is 0. The number of carbonyl (C=O) groups excluding carboxylic acids is 2. The zero-order valence-corrected chi connectivity index (χ0v) is 12.2. The molecule has 0 aliphatic heterocycles. The lowest BCUT2D eigenvalue weighted by Crippen LogP contribution is -2.49. The van der Waals surface area contributed by atoms with Crippen molar-refractivity contribution < 1.29 is 19.5 Å². The Bertz CT molecular complexity index is 565. The summed E-state index contributed by atoms with van der Waals surface area (Å²) in [5, 5.41) is 8.85. The molecule has 2 atom stereocenters. The number of ketones is 2. The molecule has 0 aromatic carbocycles. The number of aromatic nitrogens is 1. The van der Waals surface area contributed by atoms with E-state index in [1.54, 1.807) is 18.3 Å². The van der Waals surface area contributed by atoms with E-state index in [-0.39, 0.29) is 41.7 Å². The molecule has 0 radical (unpaired) electrons. The monoisotopic (exact) mass is 289 g/mol. The van der Waals surface area contributed by atoms with Gasteiger partial charge in [-0.05, 0) is 29.9 Å². The van der Waals surface area contributed by atoms with Crippen LogP contribution in [-0.2, 0) is 9.59 Å². The average Bonchev–Trinajstić information content (AvgIpc) is 2.43. The van der Waals surface area contributed by atoms with Gasteiger partial charge >= 0.3 is 5.97 Å². The van der Waals surface area contributed by atoms with E-state index in [2.05, 4.69) is 4.98 Å². The van der Waals surface area contributed by atoms with Crippen molar-refractivity contribution in [3.05, 3.63) is 30.1 Å². The predicted molar refractivity (Wildman–Crippen MR) is 75.8 cm³/mol. The number of aliphatic carboxylic acids is 1. The van der Waals surface area contributed by atoms with Crippen LogP contribution in [0.3, 0.4) is 0 Å². The van der Waals surface area contributed by atoms with Crippen LogP contribution in [-0.4, -0.2) is 27.6 Å². The van der Waals surface area contributed by atoms with Crippen LogP contribution in [0, 0.1) is 17.3 Å². The van der Waals surface area contributed by atoms with Gasteiger partial charge in [-0.2, -0.15) is 0 Å². The Kier molecular flexibility index (Phi) is 4.21. The quantitative estimate of drug-likeness (QED) is 0.642. The molecule has 1 aromatic rings. The predicted octanol–water partition coefficient (Wildman–Crippen LogP) is 2.36. The highest BCUT2D eigenvalue weighted by Crippen LogP contribution is 2.53. The first-order valence-corrected chi connectivity index (χ1v) is 7.00. The molecular formula is C16H19NO4. The molecule has 1 saturated carbocycles. The van der Waals surface area contributed by atoms with Crippen molar-refractivity contribution in [3.63, 3.8) is 0 Å². The molecular weight excluding hydrogens is 270 g/mol. The summed E-state index contributed by atoms with van der Waals surface area (Å²) in [5.74, 6) is -1.41. The second-order valence-electron chi connectivity index (χ2n) is 6.21. The summed E-state index contributed by atoms with van der Waals surface area (Å²) in [5.41, 5.74) is 0.0788. The molecule has 1 aliphatic carbocycles. The van der Waals surface area contributed by atoms with E-state index in [1.807, 2.05) is 13.8 Å². The molecule has 2 rings (SSSR count). The molecule has 1 fully saturated rings. The lowest BCUT2D eigenvalue weighted by atomic mass is 9.52. The molecule has 1 heterocycles. The Morgan fingerprint density at radius 3 is 2.62 bits per heavy atom. The number of hydrogen-bond donors (Lipinski definition) is 1. The lowest BCUT2D eigenvalue weighted by molar-refractivity contribution is -0.149. The molecule has 0 amide bonds. The molecule has 5 nitrogen and oxygen atoms in total. The third kappa shape index (κ3) is 3.17. The molecule has 2 unspecified atom stereocenters. The van der Waals surface area contributed by atoms with E-state index in [9.17, 15) is 14.4 Å². The second-order valence-corrected chi connectivity index (χ2v) is 6.21. The minimum atomic E-state index is -0.842. The van der Waals surface area contributed by atoms with E-state index < -0.39 is 5.97 Å². The molecule has 5 heteroatoms. The minimum absolute atomic E-state index is 0.00237. The number of Topliss-reactive ketones (excluding diaryl/α,β-unsaturated/α-hetero) is 2. The fourth-order valence-corrected chi connectivity index (χ4v) is 3.03. The fraction of sp³-hybridized carbons (Fsp3) is 0.500. The Hall–Kier alpha value is -2.04. The fourth-order valence-electron chi connectivity index (χ4n) is 3.03. The van der Waals surface area contributed by atoms with Crippen molar-refractivity contribution >= 4 is 17.5 Å². The Morgan fingerprint density at radius 1 is 1.38 bits per heavy atom. The highest BCUT2D eigenvalue weighted by atomic mass is 16.4. The number of carboxylic acid groups (broad SMARTS) is 1. The molecule has 0 saturated heterocycles. The van der Waals surface area contributed by atoms with Crippen molar-refractivity contribution in [3.8, 4) is 0 Å². The first-order chi connectivity index (χ1) is 9.82. The largest absolute Gasteiger partial charge is 0.481 e. The van der Waals surface area contributed by atoms with Gasteiger partial charge in [-0.3, -0.25) is 19.4 Å². The van der Waals surface area contributed by atoms with Crippen LogP contribution < -0.4 is 0 Å². The van der Waals surface area contributed by atoms with Crippen molar-refractivity contribution in [1.82, 2.24) is 4.98 Å². The van der Waals surface area contributed by atoms with Gasteiger partial charge in [0.2, 0.25) is 0 Å². The van der Waals surface area contributed by atoms with Gasteiger partial charge < -0.3 is 5.11 Å². The van der Waals surface area contributed by atoms with Crippen molar-refractivity contribution in [1.29, 1.82) is 0 Å². The number of carboxylic acids is 1. The first-order valence-electron chi connectivity index (χ1n) is 7.00. The van der Waals surface area contributed by atoms with Crippen molar-refractivity contribution in [2.24, 2.45) is 17.3 Å². The smallest absolute Gasteiger partial charge is 0.303 e. The zero-order chi connectivity index (χ0) is 15.6. The van der Waals surface area contributed by atoms with Crippen LogP contribution in [0.25, 0.3) is 0 Å². The third-order valence-electron chi connectivity index (χ3n) is 4.60. The summed E-state index contributed by atoms with van der Waals surface area (Å²) in [6, 6.07) is 3.30. The normalized spacial score (nSPS) is 23.1. The Morgan fingerprint density at radius 2 is 2.10 bits per heavy atom. The summed E-state index contributed by atoms with van der Waals surface area (Å²) in [4.78, 5) is 38.9. The first kappa shape index (κ1) is 15.4. The van der Waals surface area contributed by atoms with Gasteiger partial charge in [0.25, 0.3) is 0 Å². The van der Waals surface area contributed by atoms with Gasteiger partial charge in [-0.1, -0.05) is 13.8 Å². The summed E-state index contributed by atoms with van der Waals surface area (Å²) < 4.78 is 0. The van der Waals surface area contributed by atoms with Gasteiger partial charge in [-0.25, -0.2) is 0 Å². The van der Waals surface area contributed by atoms with Crippen molar-refractivity contribution in [2.75, 3.05) is 0 Å². The molecule has 1 aromatic heterocycles. The zero-order valence-electron chi connectivity index (χ0n) is 12.2. The van der Waals surface area contributed by atoms with Crippen LogP contribution in [0.5, 0.6) is 0 Å². The topological polar surface area (TPSA) is 84.3 Å².